The smallest absolute Gasteiger partial charge is 0.338 e. The zero-order valence-corrected chi connectivity index (χ0v) is 12.4. The number of carbonyl (C=O) groups excluding carboxylic acids is 1. The van der Waals surface area contributed by atoms with Gasteiger partial charge in [0.05, 0.1) is 11.7 Å². The Hall–Kier alpha value is -1.46. The Morgan fingerprint density at radius 3 is 2.60 bits per heavy atom. The summed E-state index contributed by atoms with van der Waals surface area (Å²) in [5, 5.41) is 0. The molecular weight excluding hydrogens is 274 g/mol. The molecule has 2 rings (SSSR count). The Morgan fingerprint density at radius 1 is 1.40 bits per heavy atom. The van der Waals surface area contributed by atoms with Gasteiger partial charge in [-0.05, 0) is 18.6 Å². The van der Waals surface area contributed by atoms with E-state index < -0.39 is 12.2 Å². The van der Waals surface area contributed by atoms with E-state index in [1.807, 2.05) is 19.9 Å². The molecule has 0 saturated carbocycles. The predicted molar refractivity (Wildman–Crippen MR) is 80.5 cm³/mol. The SMILES string of the molecule is CC[C@H]1O[C@@H](C(N)=S)[C@H](OC(=O)c2ccccc2)[C@@H]1C. The summed E-state index contributed by atoms with van der Waals surface area (Å²) in [5.74, 6) is -0.303. The lowest BCUT2D eigenvalue weighted by atomic mass is 9.96. The number of nitrogens with two attached hydrogens (primary N) is 1. The number of esters is 1. The molecule has 0 amide bonds. The standard InChI is InChI=1S/C15H19NO3S/c1-3-11-9(2)12(13(18-11)14(16)20)19-15(17)10-7-5-4-6-8-10/h4-9,11-13H,3H2,1-2H3,(H2,16,20)/t9-,11-,12-,13-/m1/s1. The van der Waals surface area contributed by atoms with Crippen molar-refractivity contribution < 1.29 is 14.3 Å². The molecule has 0 spiro atoms. The molecule has 5 heteroatoms. The molecule has 1 fully saturated rings. The van der Waals surface area contributed by atoms with E-state index in [2.05, 4.69) is 0 Å². The van der Waals surface area contributed by atoms with Crippen molar-refractivity contribution in [1.82, 2.24) is 0 Å². The maximum absolute atomic E-state index is 12.1. The molecule has 2 N–H and O–H groups in total. The van der Waals surface area contributed by atoms with Gasteiger partial charge in [-0.15, -0.1) is 0 Å². The first kappa shape index (κ1) is 14.9. The first-order chi connectivity index (χ1) is 9.54. The summed E-state index contributed by atoms with van der Waals surface area (Å²) >= 11 is 5.02. The molecule has 20 heavy (non-hydrogen) atoms. The van der Waals surface area contributed by atoms with E-state index in [1.165, 1.54) is 0 Å². The highest BCUT2D eigenvalue weighted by molar-refractivity contribution is 7.80. The number of hydrogen-bond donors (Lipinski definition) is 1. The third-order valence-corrected chi connectivity index (χ3v) is 3.89. The largest absolute Gasteiger partial charge is 0.455 e. The lowest BCUT2D eigenvalue weighted by Gasteiger charge is -2.20. The van der Waals surface area contributed by atoms with Crippen LogP contribution in [0.5, 0.6) is 0 Å². The zero-order chi connectivity index (χ0) is 14.7. The van der Waals surface area contributed by atoms with Gasteiger partial charge in [0.1, 0.15) is 17.2 Å². The number of ether oxygens (including phenoxy) is 2. The molecule has 0 aromatic heterocycles. The van der Waals surface area contributed by atoms with Crippen LogP contribution in [0.1, 0.15) is 30.6 Å². The average molecular weight is 293 g/mol. The molecule has 0 unspecified atom stereocenters. The molecule has 0 radical (unpaired) electrons. The van der Waals surface area contributed by atoms with Crippen LogP contribution in [0.3, 0.4) is 0 Å². The molecule has 4 nitrogen and oxygen atoms in total. The van der Waals surface area contributed by atoms with E-state index in [-0.39, 0.29) is 23.0 Å². The van der Waals surface area contributed by atoms with Crippen molar-refractivity contribution in [3.63, 3.8) is 0 Å². The fraction of sp³-hybridized carbons (Fsp3) is 0.467. The number of thiocarbonyl (C=S) groups is 1. The summed E-state index contributed by atoms with van der Waals surface area (Å²) < 4.78 is 11.4. The summed E-state index contributed by atoms with van der Waals surface area (Å²) in [5.41, 5.74) is 6.21. The molecule has 0 bridgehead atoms. The lowest BCUT2D eigenvalue weighted by molar-refractivity contribution is 0.0101. The van der Waals surface area contributed by atoms with Gasteiger partial charge in [-0.2, -0.15) is 0 Å². The molecule has 1 aromatic rings. The van der Waals surface area contributed by atoms with Crippen LogP contribution in [0, 0.1) is 5.92 Å². The molecule has 1 aliphatic rings. The summed E-state index contributed by atoms with van der Waals surface area (Å²) in [6, 6.07) is 8.88. The quantitative estimate of drug-likeness (QED) is 0.682. The van der Waals surface area contributed by atoms with Gasteiger partial charge < -0.3 is 15.2 Å². The summed E-state index contributed by atoms with van der Waals surface area (Å²) in [6.45, 7) is 4.02. The highest BCUT2D eigenvalue weighted by atomic mass is 32.1. The van der Waals surface area contributed by atoms with E-state index in [4.69, 9.17) is 27.4 Å². The molecule has 0 aliphatic carbocycles. The Balaban J connectivity index is 2.13. The van der Waals surface area contributed by atoms with E-state index in [1.54, 1.807) is 24.3 Å². The molecule has 108 valence electrons. The molecule has 4 atom stereocenters. The van der Waals surface area contributed by atoms with Crippen LogP contribution < -0.4 is 5.73 Å². The van der Waals surface area contributed by atoms with Crippen molar-refractivity contribution in [3.8, 4) is 0 Å². The van der Waals surface area contributed by atoms with Crippen LogP contribution in [-0.4, -0.2) is 29.3 Å². The van der Waals surface area contributed by atoms with E-state index >= 15 is 0 Å². The van der Waals surface area contributed by atoms with Gasteiger partial charge in [0.15, 0.2) is 0 Å². The summed E-state index contributed by atoms with van der Waals surface area (Å²) in [6.07, 6.45) is -0.0857. The number of rotatable bonds is 4. The topological polar surface area (TPSA) is 61.6 Å². The number of carbonyl (C=O) groups is 1. The Kier molecular flexibility index (Phi) is 4.73. The van der Waals surface area contributed by atoms with Crippen molar-refractivity contribution in [1.29, 1.82) is 0 Å². The zero-order valence-electron chi connectivity index (χ0n) is 11.6. The second-order valence-electron chi connectivity index (χ2n) is 5.00. The van der Waals surface area contributed by atoms with Crippen LogP contribution in [0.15, 0.2) is 30.3 Å². The van der Waals surface area contributed by atoms with Crippen molar-refractivity contribution in [3.05, 3.63) is 35.9 Å². The third-order valence-electron chi connectivity index (χ3n) is 3.66. The maximum atomic E-state index is 12.1. The van der Waals surface area contributed by atoms with Crippen LogP contribution >= 0.6 is 12.2 Å². The first-order valence-corrected chi connectivity index (χ1v) is 7.16. The summed E-state index contributed by atoms with van der Waals surface area (Å²) in [4.78, 5) is 12.4. The fourth-order valence-electron chi connectivity index (χ4n) is 2.51. The summed E-state index contributed by atoms with van der Waals surface area (Å²) in [7, 11) is 0. The molecule has 1 aliphatic heterocycles. The highest BCUT2D eigenvalue weighted by Gasteiger charge is 2.45. The van der Waals surface area contributed by atoms with Gasteiger partial charge in [0.25, 0.3) is 0 Å². The van der Waals surface area contributed by atoms with Crippen LogP contribution in [0.4, 0.5) is 0 Å². The average Bonchev–Trinajstić information content (AvgIpc) is 2.77. The van der Waals surface area contributed by atoms with Crippen molar-refractivity contribution in [2.75, 3.05) is 0 Å². The maximum Gasteiger partial charge on any atom is 0.338 e. The Morgan fingerprint density at radius 2 is 2.05 bits per heavy atom. The Labute approximate surface area is 124 Å². The predicted octanol–water partition coefficient (Wildman–Crippen LogP) is 2.31. The normalized spacial score (nSPS) is 29.1. The van der Waals surface area contributed by atoms with Gasteiger partial charge >= 0.3 is 5.97 Å². The molecule has 1 aromatic carbocycles. The van der Waals surface area contributed by atoms with E-state index in [0.29, 0.717) is 5.56 Å². The minimum atomic E-state index is -0.502. The third kappa shape index (κ3) is 2.99. The second-order valence-corrected chi connectivity index (χ2v) is 5.47. The first-order valence-electron chi connectivity index (χ1n) is 6.75. The van der Waals surface area contributed by atoms with E-state index in [0.717, 1.165) is 6.42 Å². The molecule has 1 heterocycles. The van der Waals surface area contributed by atoms with Gasteiger partial charge in [0.2, 0.25) is 0 Å². The number of hydrogen-bond acceptors (Lipinski definition) is 4. The van der Waals surface area contributed by atoms with Crippen molar-refractivity contribution in [2.45, 2.75) is 38.6 Å². The minimum absolute atomic E-state index is 0.00933. The van der Waals surface area contributed by atoms with Crippen LogP contribution in [0.25, 0.3) is 0 Å². The van der Waals surface area contributed by atoms with Gasteiger partial charge in [-0.25, -0.2) is 4.79 Å². The van der Waals surface area contributed by atoms with Gasteiger partial charge in [-0.1, -0.05) is 44.3 Å². The monoisotopic (exact) mass is 293 g/mol. The van der Waals surface area contributed by atoms with Gasteiger partial charge in [-0.3, -0.25) is 0 Å². The van der Waals surface area contributed by atoms with Crippen LogP contribution in [-0.2, 0) is 9.47 Å². The van der Waals surface area contributed by atoms with Crippen molar-refractivity contribution >= 4 is 23.2 Å². The Bertz CT molecular complexity index is 491. The van der Waals surface area contributed by atoms with Gasteiger partial charge in [0, 0.05) is 5.92 Å². The van der Waals surface area contributed by atoms with Crippen molar-refractivity contribution in [2.24, 2.45) is 11.7 Å². The minimum Gasteiger partial charge on any atom is -0.455 e. The molecular formula is C15H19NO3S. The lowest BCUT2D eigenvalue weighted by Crippen LogP contribution is -2.39. The van der Waals surface area contributed by atoms with E-state index in [9.17, 15) is 4.79 Å². The van der Waals surface area contributed by atoms with Crippen LogP contribution in [0.2, 0.25) is 0 Å². The number of benzene rings is 1. The highest BCUT2D eigenvalue weighted by Crippen LogP contribution is 2.31. The molecule has 1 saturated heterocycles. The fourth-order valence-corrected chi connectivity index (χ4v) is 2.70. The second kappa shape index (κ2) is 6.33.